The van der Waals surface area contributed by atoms with Gasteiger partial charge < -0.3 is 18.9 Å². The highest BCUT2D eigenvalue weighted by atomic mass is 16.6. The van der Waals surface area contributed by atoms with E-state index in [0.29, 0.717) is 26.2 Å². The van der Waals surface area contributed by atoms with Crippen LogP contribution < -0.4 is 0 Å². The Morgan fingerprint density at radius 2 is 0.705 bits per heavy atom. The fourth-order valence-corrected chi connectivity index (χ4v) is 11.8. The summed E-state index contributed by atoms with van der Waals surface area (Å²) in [5, 5.41) is 18.4. The van der Waals surface area contributed by atoms with Crippen LogP contribution in [0.5, 0.6) is 0 Å². The third-order valence-corrected chi connectivity index (χ3v) is 15.7. The van der Waals surface area contributed by atoms with E-state index in [1.54, 1.807) is 0 Å². The minimum atomic E-state index is -0.975. The van der Waals surface area contributed by atoms with Crippen LogP contribution in [-0.4, -0.2) is 103 Å². The van der Waals surface area contributed by atoms with Gasteiger partial charge in [0.25, 0.3) is 0 Å². The van der Waals surface area contributed by atoms with Crippen molar-refractivity contribution in [1.82, 2.24) is 39.8 Å². The number of fused-ring (bicyclic) bond motifs is 6. The molecule has 3 aliphatic rings. The summed E-state index contributed by atoms with van der Waals surface area (Å²) in [5.41, 5.74) is 5.70. The summed E-state index contributed by atoms with van der Waals surface area (Å²) >= 11 is 0. The Hall–Kier alpha value is -7.94. The van der Waals surface area contributed by atoms with Gasteiger partial charge >= 0.3 is 12.2 Å². The first-order chi connectivity index (χ1) is 38.5. The second-order valence-corrected chi connectivity index (χ2v) is 20.7. The Kier molecular flexibility index (Phi) is 16.4. The van der Waals surface area contributed by atoms with E-state index >= 15 is 0 Å². The number of aryl methyl sites for hydroxylation is 2. The predicted octanol–water partition coefficient (Wildman–Crippen LogP) is 11.2. The third kappa shape index (κ3) is 11.4. The first kappa shape index (κ1) is 52.1. The van der Waals surface area contributed by atoms with Crippen molar-refractivity contribution in [3.05, 3.63) is 239 Å². The molecule has 0 radical (unpaired) electrons. The van der Waals surface area contributed by atoms with E-state index in [4.69, 9.17) is 18.9 Å². The molecule has 4 atom stereocenters. The number of carbonyl (C=O) groups is 2. The summed E-state index contributed by atoms with van der Waals surface area (Å²) in [6, 6.07) is 60.9. The van der Waals surface area contributed by atoms with Crippen LogP contribution >= 0.6 is 0 Å². The molecule has 2 aromatic heterocycles. The zero-order valence-corrected chi connectivity index (χ0v) is 44.1. The molecule has 6 aromatic carbocycles. The molecule has 400 valence electrons. The lowest BCUT2D eigenvalue weighted by molar-refractivity contribution is -0.0391. The maximum absolute atomic E-state index is 14.0. The lowest BCUT2D eigenvalue weighted by atomic mass is 9.80. The van der Waals surface area contributed by atoms with Gasteiger partial charge in [-0.05, 0) is 71.9 Å². The number of ether oxygens (including phenoxy) is 4. The smallest absolute Gasteiger partial charge is 0.410 e. The van der Waals surface area contributed by atoms with Gasteiger partial charge in [0.05, 0.1) is 49.8 Å². The van der Waals surface area contributed by atoms with Crippen LogP contribution in [-0.2, 0) is 56.1 Å². The molecule has 0 spiro atoms. The molecule has 78 heavy (non-hydrogen) atoms. The van der Waals surface area contributed by atoms with Crippen LogP contribution in [0.3, 0.4) is 0 Å². The molecule has 14 nitrogen and oxygen atoms in total. The van der Waals surface area contributed by atoms with Crippen LogP contribution in [0.15, 0.2) is 194 Å². The van der Waals surface area contributed by atoms with Crippen molar-refractivity contribution in [2.24, 2.45) is 0 Å². The average molecular weight is 1050 g/mol. The quantitative estimate of drug-likeness (QED) is 0.109. The fourth-order valence-electron chi connectivity index (χ4n) is 11.8. The second-order valence-electron chi connectivity index (χ2n) is 20.7. The molecule has 0 N–H and O–H groups in total. The van der Waals surface area contributed by atoms with E-state index in [1.165, 1.54) is 0 Å². The van der Waals surface area contributed by atoms with Crippen molar-refractivity contribution >= 4 is 12.2 Å². The van der Waals surface area contributed by atoms with E-state index in [0.717, 1.165) is 109 Å². The number of hydrogen-bond acceptors (Lipinski definition) is 10. The van der Waals surface area contributed by atoms with Crippen LogP contribution in [0, 0.1) is 0 Å². The summed E-state index contributed by atoms with van der Waals surface area (Å²) in [4.78, 5) is 31.8. The number of carbonyl (C=O) groups excluding carboxylic acids is 2. The summed E-state index contributed by atoms with van der Waals surface area (Å²) in [6.07, 6.45) is 10.8. The zero-order valence-electron chi connectivity index (χ0n) is 44.1. The molecule has 14 heteroatoms. The van der Waals surface area contributed by atoms with Crippen molar-refractivity contribution in [2.45, 2.75) is 113 Å². The van der Waals surface area contributed by atoms with Crippen molar-refractivity contribution in [1.29, 1.82) is 0 Å². The standard InChI is InChI=1S/C64H68N8O6/c73-61-71-41-25-3-1-23-39-55-43-69(67-65-55)46-58-60(48-76-64(52-33-17-8-18-34-52,53-35-19-9-20-36-53)54-37-21-10-22-38-54)78-62(74)72(58)42-26-4-2-24-40-56-44-70(68-66-56)45-57(71)59(77-61)47-75-63(49-27-11-5-12-28-49,50-29-13-6-14-30-50)51-31-15-7-16-32-51/h5-22,27-38,43-44,57-60H,1-4,23-26,39-42,45-48H2. The third-order valence-electron chi connectivity index (χ3n) is 15.7. The highest BCUT2D eigenvalue weighted by Gasteiger charge is 2.47. The molecule has 2 saturated heterocycles. The van der Waals surface area contributed by atoms with Gasteiger partial charge in [-0.2, -0.15) is 0 Å². The molecular weight excluding hydrogens is 977 g/mol. The molecule has 11 rings (SSSR count). The molecular formula is C64H68N8O6. The van der Waals surface area contributed by atoms with Crippen LogP contribution in [0.25, 0.3) is 0 Å². The highest BCUT2D eigenvalue weighted by molar-refractivity contribution is 5.71. The Balaban J connectivity index is 0.800. The minimum Gasteiger partial charge on any atom is -0.441 e. The predicted molar refractivity (Wildman–Crippen MR) is 296 cm³/mol. The topological polar surface area (TPSA) is 139 Å². The molecule has 5 heterocycles. The lowest BCUT2D eigenvalue weighted by Crippen LogP contribution is -2.44. The van der Waals surface area contributed by atoms with Crippen molar-refractivity contribution in [3.8, 4) is 0 Å². The largest absolute Gasteiger partial charge is 0.441 e. The number of hydrogen-bond donors (Lipinski definition) is 0. The summed E-state index contributed by atoms with van der Waals surface area (Å²) in [6.45, 7) is 2.17. The lowest BCUT2D eigenvalue weighted by Gasteiger charge is -2.37. The monoisotopic (exact) mass is 1040 g/mol. The maximum Gasteiger partial charge on any atom is 0.410 e. The first-order valence-corrected chi connectivity index (χ1v) is 27.8. The number of rotatable bonds is 12. The van der Waals surface area contributed by atoms with E-state index in [-0.39, 0.29) is 37.5 Å². The normalized spacial score (nSPS) is 20.0. The summed E-state index contributed by atoms with van der Waals surface area (Å²) in [7, 11) is 0. The van der Waals surface area contributed by atoms with Crippen molar-refractivity contribution in [3.63, 3.8) is 0 Å². The van der Waals surface area contributed by atoms with Crippen molar-refractivity contribution in [2.75, 3.05) is 26.3 Å². The van der Waals surface area contributed by atoms with Gasteiger partial charge in [0, 0.05) is 25.5 Å². The first-order valence-electron chi connectivity index (χ1n) is 27.8. The van der Waals surface area contributed by atoms with Gasteiger partial charge in [-0.25, -0.2) is 9.59 Å². The molecule has 3 aliphatic heterocycles. The van der Waals surface area contributed by atoms with Gasteiger partial charge in [-0.3, -0.25) is 19.2 Å². The summed E-state index contributed by atoms with van der Waals surface area (Å²) < 4.78 is 30.8. The number of nitrogens with zero attached hydrogens (tertiary/aromatic N) is 8. The van der Waals surface area contributed by atoms with E-state index in [2.05, 4.69) is 93.4 Å². The molecule has 2 fully saturated rings. The van der Waals surface area contributed by atoms with Gasteiger partial charge in [-0.15, -0.1) is 10.2 Å². The van der Waals surface area contributed by atoms with Crippen LogP contribution in [0.4, 0.5) is 9.59 Å². The number of cyclic esters (lactones) is 2. The van der Waals surface area contributed by atoms with Crippen LogP contribution in [0.2, 0.25) is 0 Å². The van der Waals surface area contributed by atoms with Crippen molar-refractivity contribution < 1.29 is 28.5 Å². The second kappa shape index (κ2) is 24.6. The highest BCUT2D eigenvalue weighted by Crippen LogP contribution is 2.43. The van der Waals surface area contributed by atoms with Crippen LogP contribution in [0.1, 0.15) is 96.1 Å². The van der Waals surface area contributed by atoms with Gasteiger partial charge in [-0.1, -0.05) is 218 Å². The average Bonchev–Trinajstić information content (AvgIpc) is 4.39. The molecule has 2 amide bonds. The van der Waals surface area contributed by atoms with E-state index in [1.807, 2.05) is 141 Å². The zero-order chi connectivity index (χ0) is 53.0. The van der Waals surface area contributed by atoms with Gasteiger partial charge in [0.2, 0.25) is 0 Å². The Labute approximate surface area is 456 Å². The Bertz CT molecular complexity index is 2740. The molecule has 4 unspecified atom stereocenters. The number of aromatic nitrogens is 6. The fraction of sp³-hybridized carbons (Fsp3) is 0.344. The van der Waals surface area contributed by atoms with Gasteiger partial charge in [0.1, 0.15) is 23.4 Å². The Morgan fingerprint density at radius 1 is 0.410 bits per heavy atom. The van der Waals surface area contributed by atoms with E-state index < -0.39 is 23.4 Å². The molecule has 0 saturated carbocycles. The Morgan fingerprint density at radius 3 is 1.01 bits per heavy atom. The van der Waals surface area contributed by atoms with E-state index in [9.17, 15) is 9.59 Å². The molecule has 0 aliphatic carbocycles. The minimum absolute atomic E-state index is 0.148. The number of amides is 2. The summed E-state index contributed by atoms with van der Waals surface area (Å²) in [5.74, 6) is 0. The molecule has 4 bridgehead atoms. The SMILES string of the molecule is O=C1OC(COC(c2ccccc2)(c2ccccc2)c2ccccc2)C2Cn3cc(nn3)CCCCCCN3C(=O)OC(COC(c4ccccc4)(c4ccccc4)c4ccccc4)C3Cn3cc(nn3)CCCCCCN12. The maximum atomic E-state index is 14.0. The van der Waals surface area contributed by atoms with Gasteiger partial charge in [0.15, 0.2) is 0 Å². The molecule has 8 aromatic rings. The number of benzene rings is 6.